The first-order chi connectivity index (χ1) is 4.65. The van der Waals surface area contributed by atoms with Crippen LogP contribution in [0.1, 0.15) is 0 Å². The van der Waals surface area contributed by atoms with Crippen LogP contribution in [0.5, 0.6) is 0 Å². The van der Waals surface area contributed by atoms with E-state index in [2.05, 4.69) is 0 Å². The van der Waals surface area contributed by atoms with Crippen LogP contribution in [0.25, 0.3) is 0 Å². The van der Waals surface area contributed by atoms with Gasteiger partial charge in [-0.05, 0) is 0 Å². The van der Waals surface area contributed by atoms with Crippen LogP contribution in [0.15, 0.2) is 0 Å². The van der Waals surface area contributed by atoms with E-state index in [9.17, 15) is 4.79 Å². The highest BCUT2D eigenvalue weighted by atomic mass is 16.1. The molecule has 0 aromatic heterocycles. The van der Waals surface area contributed by atoms with Crippen LogP contribution in [-0.2, 0) is 4.79 Å². The van der Waals surface area contributed by atoms with Gasteiger partial charge in [-0.1, -0.05) is 0 Å². The zero-order valence-electron chi connectivity index (χ0n) is 5.87. The van der Waals surface area contributed by atoms with Gasteiger partial charge in [0.2, 0.25) is 5.78 Å². The largest absolute Gasteiger partial charge is 0.307 e. The van der Waals surface area contributed by atoms with Crippen LogP contribution >= 0.6 is 0 Å². The minimum atomic E-state index is -1.82. The van der Waals surface area contributed by atoms with Crippen LogP contribution in [0.4, 0.5) is 0 Å². The molecule has 64 valence electrons. The minimum absolute atomic E-state index is 0.741. The van der Waals surface area contributed by atoms with Crippen molar-refractivity contribution in [2.24, 2.45) is 34.4 Å². The average molecular weight is 160 g/mol. The summed E-state index contributed by atoms with van der Waals surface area (Å²) in [6.45, 7) is 0. The van der Waals surface area contributed by atoms with Crippen molar-refractivity contribution >= 4 is 5.78 Å². The molecule has 7 nitrogen and oxygen atoms in total. The molecule has 11 heavy (non-hydrogen) atoms. The predicted octanol–water partition coefficient (Wildman–Crippen LogP) is -4.59. The van der Waals surface area contributed by atoms with Gasteiger partial charge in [0, 0.05) is 0 Å². The maximum Gasteiger partial charge on any atom is 0.208 e. The minimum Gasteiger partial charge on any atom is -0.307 e. The molecular weight excluding hydrogens is 148 g/mol. The fraction of sp³-hybridized carbons (Fsp3) is 0.750. The molecule has 0 unspecified atom stereocenters. The van der Waals surface area contributed by atoms with Crippen molar-refractivity contribution in [3.8, 4) is 0 Å². The second-order valence-electron chi connectivity index (χ2n) is 2.94. The molecule has 0 radical (unpaired) electrons. The molecule has 1 aliphatic rings. The summed E-state index contributed by atoms with van der Waals surface area (Å²) in [5.41, 5.74) is 26.2. The second-order valence-corrected chi connectivity index (χ2v) is 2.94. The normalized spacial score (nSPS) is 31.3. The van der Waals surface area contributed by atoms with Gasteiger partial charge in [-0.15, -0.1) is 0 Å². The zero-order valence-corrected chi connectivity index (χ0v) is 5.87. The van der Waals surface area contributed by atoms with Crippen molar-refractivity contribution in [1.82, 2.24) is 0 Å². The van der Waals surface area contributed by atoms with Crippen LogP contribution in [0, 0.1) is 0 Å². The predicted molar refractivity (Wildman–Crippen MR) is 38.3 cm³/mol. The van der Waals surface area contributed by atoms with Crippen molar-refractivity contribution in [1.29, 1.82) is 0 Å². The Kier molecular flexibility index (Phi) is 1.24. The molecule has 0 atom stereocenters. The number of hydrogen-bond donors (Lipinski definition) is 6. The average Bonchev–Trinajstić information content (AvgIpc) is 1.84. The Morgan fingerprint density at radius 1 is 0.818 bits per heavy atom. The maximum absolute atomic E-state index is 11.0. The summed E-state index contributed by atoms with van der Waals surface area (Å²) < 4.78 is 0. The molecule has 7 heteroatoms. The summed E-state index contributed by atoms with van der Waals surface area (Å²) >= 11 is 0. The summed E-state index contributed by atoms with van der Waals surface area (Å²) in [4.78, 5) is 11.0. The van der Waals surface area contributed by atoms with Gasteiger partial charge in [0.15, 0.2) is 11.3 Å². The highest BCUT2D eigenvalue weighted by molar-refractivity contribution is 6.05. The summed E-state index contributed by atoms with van der Waals surface area (Å²) in [5.74, 6) is -0.741. The Morgan fingerprint density at radius 2 is 1.09 bits per heavy atom. The van der Waals surface area contributed by atoms with Gasteiger partial charge in [0.05, 0.1) is 0 Å². The lowest BCUT2D eigenvalue weighted by Crippen LogP contribution is -3.04. The summed E-state index contributed by atoms with van der Waals surface area (Å²) in [5, 5.41) is 0. The third-order valence-corrected chi connectivity index (χ3v) is 2.12. The van der Waals surface area contributed by atoms with Gasteiger partial charge in [0.1, 0.15) is 5.66 Å². The lowest BCUT2D eigenvalue weighted by atomic mass is 9.64. The van der Waals surface area contributed by atoms with Gasteiger partial charge in [0.25, 0.3) is 0 Å². The van der Waals surface area contributed by atoms with E-state index in [4.69, 9.17) is 34.4 Å². The lowest BCUT2D eigenvalue weighted by Gasteiger charge is -2.58. The summed E-state index contributed by atoms with van der Waals surface area (Å²) in [6, 6.07) is 0. The van der Waals surface area contributed by atoms with Gasteiger partial charge in [-0.25, -0.2) is 0 Å². The zero-order chi connectivity index (χ0) is 9.08. The van der Waals surface area contributed by atoms with Crippen molar-refractivity contribution in [3.63, 3.8) is 0 Å². The van der Waals surface area contributed by atoms with Crippen molar-refractivity contribution in [2.45, 2.75) is 17.0 Å². The lowest BCUT2D eigenvalue weighted by molar-refractivity contribution is -0.151. The molecule has 12 N–H and O–H groups in total. The molecule has 1 saturated carbocycles. The van der Waals surface area contributed by atoms with E-state index >= 15 is 0 Å². The number of Topliss-reactive ketones (excluding diaryl/α,β-unsaturated/α-hetero) is 1. The van der Waals surface area contributed by atoms with Gasteiger partial charge in [-0.2, -0.15) is 0 Å². The maximum atomic E-state index is 11.0. The van der Waals surface area contributed by atoms with Crippen LogP contribution < -0.4 is 34.4 Å². The Bertz CT molecular complexity index is 199. The Balaban J connectivity index is 3.08. The molecule has 1 rings (SSSR count). The number of nitrogens with two attached hydrogens (primary N) is 6. The number of rotatable bonds is 0. The van der Waals surface area contributed by atoms with Crippen molar-refractivity contribution in [2.75, 3.05) is 0 Å². The fourth-order valence-electron chi connectivity index (χ4n) is 0.998. The number of ketones is 1. The van der Waals surface area contributed by atoms with E-state index in [1.807, 2.05) is 0 Å². The smallest absolute Gasteiger partial charge is 0.208 e. The summed E-state index contributed by atoms with van der Waals surface area (Å²) in [6.07, 6.45) is 0. The van der Waals surface area contributed by atoms with Gasteiger partial charge in [-0.3, -0.25) is 4.79 Å². The van der Waals surface area contributed by atoms with E-state index in [0.29, 0.717) is 0 Å². The molecule has 0 aliphatic heterocycles. The third kappa shape index (κ3) is 0.601. The Labute approximate surface area is 63.0 Å². The third-order valence-electron chi connectivity index (χ3n) is 2.12. The number of hydrogen-bond acceptors (Lipinski definition) is 7. The standard InChI is InChI=1S/C4H12N6O/c5-2(6)1(11)3(7,8)4(2,9)10/h5-10H2. The van der Waals surface area contributed by atoms with E-state index in [1.54, 1.807) is 0 Å². The Morgan fingerprint density at radius 3 is 1.18 bits per heavy atom. The number of carbonyl (C=O) groups excluding carboxylic acids is 1. The van der Waals surface area contributed by atoms with E-state index in [1.165, 1.54) is 0 Å². The van der Waals surface area contributed by atoms with E-state index in [0.717, 1.165) is 0 Å². The first-order valence-corrected chi connectivity index (χ1v) is 2.94. The molecular formula is C4H12N6O. The topological polar surface area (TPSA) is 173 Å². The Hall–Kier alpha value is -0.570. The highest BCUT2D eigenvalue weighted by Crippen LogP contribution is 2.30. The summed E-state index contributed by atoms with van der Waals surface area (Å²) in [7, 11) is 0. The van der Waals surface area contributed by atoms with Crippen LogP contribution in [-0.4, -0.2) is 22.8 Å². The second kappa shape index (κ2) is 1.61. The number of carbonyl (C=O) groups is 1. The SMILES string of the molecule is NC1(N)C(=O)C(N)(N)C1(N)N. The van der Waals surface area contributed by atoms with Crippen molar-refractivity contribution in [3.05, 3.63) is 0 Å². The molecule has 0 spiro atoms. The molecule has 1 aliphatic carbocycles. The molecule has 0 saturated heterocycles. The van der Waals surface area contributed by atoms with Gasteiger partial charge >= 0.3 is 0 Å². The van der Waals surface area contributed by atoms with Crippen molar-refractivity contribution < 1.29 is 4.79 Å². The first-order valence-electron chi connectivity index (χ1n) is 2.94. The molecule has 0 bridgehead atoms. The quantitative estimate of drug-likeness (QED) is 0.193. The van der Waals surface area contributed by atoms with Gasteiger partial charge < -0.3 is 34.4 Å². The molecule has 0 aromatic carbocycles. The van der Waals surface area contributed by atoms with E-state index in [-0.39, 0.29) is 0 Å². The fourth-order valence-corrected chi connectivity index (χ4v) is 0.998. The molecule has 0 heterocycles. The monoisotopic (exact) mass is 160 g/mol. The molecule has 0 aromatic rings. The van der Waals surface area contributed by atoms with E-state index < -0.39 is 22.8 Å². The molecule has 1 fully saturated rings. The van der Waals surface area contributed by atoms with Crippen LogP contribution in [0.3, 0.4) is 0 Å². The first kappa shape index (κ1) is 8.53. The highest BCUT2D eigenvalue weighted by Gasteiger charge is 2.72. The molecule has 0 amide bonds. The van der Waals surface area contributed by atoms with Crippen LogP contribution in [0.2, 0.25) is 0 Å².